The van der Waals surface area contributed by atoms with E-state index in [9.17, 15) is 12.8 Å². The molecule has 3 N–H and O–H groups in total. The smallest absolute Gasteiger partial charge is 0.242 e. The molecule has 0 spiro atoms. The highest BCUT2D eigenvalue weighted by Gasteiger charge is 2.17. The molecule has 0 radical (unpaired) electrons. The lowest BCUT2D eigenvalue weighted by atomic mass is 10.3. The third-order valence-electron chi connectivity index (χ3n) is 1.95. The minimum atomic E-state index is -3.71. The summed E-state index contributed by atoms with van der Waals surface area (Å²) in [6.07, 6.45) is 2.56. The van der Waals surface area contributed by atoms with Crippen LogP contribution in [0.1, 0.15) is 13.3 Å². The number of nitrogens with zero attached hydrogens (tertiary/aromatic N) is 1. The number of aromatic nitrogens is 1. The molecule has 0 aliphatic rings. The normalized spacial score (nSPS) is 13.7. The molecule has 1 aromatic heterocycles. The van der Waals surface area contributed by atoms with Crippen molar-refractivity contribution in [1.82, 2.24) is 9.71 Å². The number of nitrogens with one attached hydrogen (secondary N) is 1. The second-order valence-electron chi connectivity index (χ2n) is 3.44. The Bertz CT molecular complexity index is 450. The van der Waals surface area contributed by atoms with Crippen molar-refractivity contribution in [3.05, 3.63) is 24.3 Å². The van der Waals surface area contributed by atoms with Crippen LogP contribution < -0.4 is 10.5 Å². The van der Waals surface area contributed by atoms with E-state index in [0.29, 0.717) is 13.0 Å². The number of hydrogen-bond acceptors (Lipinski definition) is 4. The van der Waals surface area contributed by atoms with Crippen LogP contribution in [0, 0.1) is 5.82 Å². The van der Waals surface area contributed by atoms with E-state index in [1.54, 1.807) is 6.92 Å². The number of rotatable bonds is 5. The Labute approximate surface area is 93.9 Å². The van der Waals surface area contributed by atoms with Gasteiger partial charge in [-0.1, -0.05) is 0 Å². The highest BCUT2D eigenvalue weighted by atomic mass is 32.2. The van der Waals surface area contributed by atoms with Gasteiger partial charge in [0.05, 0.1) is 6.20 Å². The average Bonchev–Trinajstić information content (AvgIpc) is 2.17. The monoisotopic (exact) mass is 247 g/mol. The molecular weight excluding hydrogens is 233 g/mol. The predicted molar refractivity (Wildman–Crippen MR) is 57.6 cm³/mol. The van der Waals surface area contributed by atoms with Crippen LogP contribution in [0.15, 0.2) is 23.4 Å². The summed E-state index contributed by atoms with van der Waals surface area (Å²) in [7, 11) is -3.71. The average molecular weight is 247 g/mol. The second-order valence-corrected chi connectivity index (χ2v) is 5.15. The molecule has 0 amide bonds. The van der Waals surface area contributed by atoms with Crippen LogP contribution in [0.5, 0.6) is 0 Å². The van der Waals surface area contributed by atoms with Gasteiger partial charge in [0.15, 0.2) is 0 Å². The standard InChI is InChI=1S/C9H14FN3O2S/c1-7(2-3-11)13-16(14,15)9-4-8(10)5-12-6-9/h4-7,13H,2-3,11H2,1H3. The maximum atomic E-state index is 12.8. The highest BCUT2D eigenvalue weighted by Crippen LogP contribution is 2.09. The van der Waals surface area contributed by atoms with E-state index in [0.717, 1.165) is 18.5 Å². The SMILES string of the molecule is CC(CCN)NS(=O)(=O)c1cncc(F)c1. The fraction of sp³-hybridized carbons (Fsp3) is 0.444. The summed E-state index contributed by atoms with van der Waals surface area (Å²) in [5, 5.41) is 0. The van der Waals surface area contributed by atoms with Crippen molar-refractivity contribution in [3.8, 4) is 0 Å². The van der Waals surface area contributed by atoms with Gasteiger partial charge in [-0.15, -0.1) is 0 Å². The summed E-state index contributed by atoms with van der Waals surface area (Å²) in [4.78, 5) is 3.30. The van der Waals surface area contributed by atoms with Crippen LogP contribution in [0.25, 0.3) is 0 Å². The minimum Gasteiger partial charge on any atom is -0.330 e. The molecule has 5 nitrogen and oxygen atoms in total. The first kappa shape index (κ1) is 13.0. The Morgan fingerprint density at radius 2 is 2.25 bits per heavy atom. The first-order valence-electron chi connectivity index (χ1n) is 4.78. The Hall–Kier alpha value is -1.05. The molecule has 1 unspecified atom stereocenters. The molecule has 1 atom stereocenters. The summed E-state index contributed by atoms with van der Waals surface area (Å²) >= 11 is 0. The van der Waals surface area contributed by atoms with Gasteiger partial charge >= 0.3 is 0 Å². The zero-order chi connectivity index (χ0) is 12.2. The number of nitrogens with two attached hydrogens (primary N) is 1. The van der Waals surface area contributed by atoms with Crippen molar-refractivity contribution in [2.45, 2.75) is 24.3 Å². The Balaban J connectivity index is 2.86. The molecule has 1 rings (SSSR count). The number of halogens is 1. The van der Waals surface area contributed by atoms with Crippen LogP contribution >= 0.6 is 0 Å². The van der Waals surface area contributed by atoms with Gasteiger partial charge in [-0.3, -0.25) is 4.98 Å². The molecule has 1 aromatic rings. The molecule has 0 saturated heterocycles. The summed E-state index contributed by atoms with van der Waals surface area (Å²) < 4.78 is 38.6. The van der Waals surface area contributed by atoms with E-state index in [2.05, 4.69) is 9.71 Å². The molecule has 1 heterocycles. The number of hydrogen-bond donors (Lipinski definition) is 2. The van der Waals surface area contributed by atoms with Crippen LogP contribution in [-0.4, -0.2) is 26.0 Å². The Morgan fingerprint density at radius 3 is 2.81 bits per heavy atom. The Morgan fingerprint density at radius 1 is 1.56 bits per heavy atom. The maximum absolute atomic E-state index is 12.8. The first-order chi connectivity index (χ1) is 7.45. The van der Waals surface area contributed by atoms with Gasteiger partial charge in [0.2, 0.25) is 10.0 Å². The molecule has 0 aliphatic heterocycles. The van der Waals surface area contributed by atoms with E-state index < -0.39 is 15.8 Å². The van der Waals surface area contributed by atoms with Gasteiger partial charge in [0.1, 0.15) is 10.7 Å². The summed E-state index contributed by atoms with van der Waals surface area (Å²) in [6, 6.07) is 0.628. The lowest BCUT2D eigenvalue weighted by Crippen LogP contribution is -2.34. The predicted octanol–water partition coefficient (Wildman–Crippen LogP) is 0.236. The van der Waals surface area contributed by atoms with Crippen molar-refractivity contribution < 1.29 is 12.8 Å². The fourth-order valence-electron chi connectivity index (χ4n) is 1.18. The largest absolute Gasteiger partial charge is 0.330 e. The van der Waals surface area contributed by atoms with E-state index in [4.69, 9.17) is 5.73 Å². The number of pyridine rings is 1. The molecule has 0 aromatic carbocycles. The minimum absolute atomic E-state index is 0.184. The molecule has 0 aliphatic carbocycles. The van der Waals surface area contributed by atoms with Crippen LogP contribution in [0.2, 0.25) is 0 Å². The zero-order valence-electron chi connectivity index (χ0n) is 8.85. The molecule has 0 fully saturated rings. The van der Waals surface area contributed by atoms with Crippen molar-refractivity contribution >= 4 is 10.0 Å². The molecule has 0 bridgehead atoms. The molecule has 0 saturated carbocycles. The number of sulfonamides is 1. The summed E-state index contributed by atoms with van der Waals surface area (Å²) in [5.74, 6) is -0.686. The van der Waals surface area contributed by atoms with Gasteiger partial charge in [-0.25, -0.2) is 17.5 Å². The second kappa shape index (κ2) is 5.33. The topological polar surface area (TPSA) is 85.1 Å². The quantitative estimate of drug-likeness (QED) is 0.780. The van der Waals surface area contributed by atoms with Gasteiger partial charge in [0, 0.05) is 12.2 Å². The molecule has 16 heavy (non-hydrogen) atoms. The van der Waals surface area contributed by atoms with Crippen molar-refractivity contribution in [2.75, 3.05) is 6.54 Å². The molecule has 90 valence electrons. The summed E-state index contributed by atoms with van der Waals surface area (Å²) in [6.45, 7) is 2.07. The first-order valence-corrected chi connectivity index (χ1v) is 6.27. The maximum Gasteiger partial charge on any atom is 0.242 e. The van der Waals surface area contributed by atoms with E-state index in [1.165, 1.54) is 0 Å². The van der Waals surface area contributed by atoms with Crippen molar-refractivity contribution in [1.29, 1.82) is 0 Å². The summed E-state index contributed by atoms with van der Waals surface area (Å²) in [5.41, 5.74) is 5.30. The highest BCUT2D eigenvalue weighted by molar-refractivity contribution is 7.89. The van der Waals surface area contributed by atoms with E-state index in [1.807, 2.05) is 0 Å². The van der Waals surface area contributed by atoms with Crippen LogP contribution in [0.3, 0.4) is 0 Å². The van der Waals surface area contributed by atoms with Gasteiger partial charge in [-0.05, 0) is 26.0 Å². The third kappa shape index (κ3) is 3.51. The fourth-order valence-corrected chi connectivity index (χ4v) is 2.43. The lowest BCUT2D eigenvalue weighted by molar-refractivity contribution is 0.547. The lowest BCUT2D eigenvalue weighted by Gasteiger charge is -2.12. The van der Waals surface area contributed by atoms with Crippen LogP contribution in [-0.2, 0) is 10.0 Å². The van der Waals surface area contributed by atoms with Crippen molar-refractivity contribution in [2.24, 2.45) is 5.73 Å². The van der Waals surface area contributed by atoms with Crippen molar-refractivity contribution in [3.63, 3.8) is 0 Å². The molecule has 7 heteroatoms. The molecular formula is C9H14FN3O2S. The van der Waals surface area contributed by atoms with Gasteiger partial charge in [-0.2, -0.15) is 0 Å². The third-order valence-corrected chi connectivity index (χ3v) is 3.50. The Kier molecular flexibility index (Phi) is 4.34. The van der Waals surface area contributed by atoms with Gasteiger partial charge < -0.3 is 5.73 Å². The van der Waals surface area contributed by atoms with E-state index in [-0.39, 0.29) is 10.9 Å². The zero-order valence-corrected chi connectivity index (χ0v) is 9.67. The van der Waals surface area contributed by atoms with Gasteiger partial charge in [0.25, 0.3) is 0 Å². The van der Waals surface area contributed by atoms with Crippen LogP contribution in [0.4, 0.5) is 4.39 Å². The van der Waals surface area contributed by atoms with E-state index >= 15 is 0 Å².